The largest absolute Gasteiger partial charge is 0.456 e. The van der Waals surface area contributed by atoms with Crippen LogP contribution in [-0.2, 0) is 9.59 Å². The van der Waals surface area contributed by atoms with E-state index in [1.807, 2.05) is 0 Å². The van der Waals surface area contributed by atoms with Gasteiger partial charge in [-0.3, -0.25) is 14.9 Å². The molecule has 0 unspecified atom stereocenters. The van der Waals surface area contributed by atoms with Crippen LogP contribution in [0.5, 0.6) is 11.5 Å². The van der Waals surface area contributed by atoms with Gasteiger partial charge in [-0.1, -0.05) is 12.6 Å². The van der Waals surface area contributed by atoms with Gasteiger partial charge in [0.15, 0.2) is 5.65 Å². The Balaban J connectivity index is 1.45. The van der Waals surface area contributed by atoms with Crippen LogP contribution in [0.1, 0.15) is 12.8 Å². The highest BCUT2D eigenvalue weighted by molar-refractivity contribution is 6.06. The predicted octanol–water partition coefficient (Wildman–Crippen LogP) is 3.62. The Morgan fingerprint density at radius 2 is 1.97 bits per heavy atom. The van der Waals surface area contributed by atoms with Crippen molar-refractivity contribution >= 4 is 29.1 Å². The number of hydrogen-bond acceptors (Lipinski definition) is 7. The number of anilines is 2. The normalized spacial score (nSPS) is 13.9. The molecule has 0 radical (unpaired) electrons. The van der Waals surface area contributed by atoms with Gasteiger partial charge in [0.25, 0.3) is 5.91 Å². The number of ether oxygens (including phenoxy) is 1. The quantitative estimate of drug-likeness (QED) is 0.186. The Morgan fingerprint density at radius 3 is 2.64 bits per heavy atom. The SMILES string of the molecule is C=C(C(=O)Nc1cccc(Oc2ccc3nc(NC(=O)C4CC4)nn3c2)c1)/C(=C\N(C)N)C(F)(F)F. The van der Waals surface area contributed by atoms with Crippen molar-refractivity contribution in [1.82, 2.24) is 19.6 Å². The number of nitrogens with two attached hydrogens (primary N) is 1. The number of benzene rings is 1. The van der Waals surface area contributed by atoms with Gasteiger partial charge in [0, 0.05) is 36.5 Å². The molecule has 13 heteroatoms. The number of nitrogens with one attached hydrogen (secondary N) is 2. The summed E-state index contributed by atoms with van der Waals surface area (Å²) in [6.45, 7) is 3.27. The lowest BCUT2D eigenvalue weighted by Gasteiger charge is -2.17. The summed E-state index contributed by atoms with van der Waals surface area (Å²) in [4.78, 5) is 28.6. The fourth-order valence-electron chi connectivity index (χ4n) is 3.16. The molecule has 1 fully saturated rings. The zero-order valence-corrected chi connectivity index (χ0v) is 19.0. The molecule has 3 aromatic rings. The third kappa shape index (κ3) is 5.99. The fourth-order valence-corrected chi connectivity index (χ4v) is 3.16. The second-order valence-corrected chi connectivity index (χ2v) is 8.14. The maximum absolute atomic E-state index is 13.3. The van der Waals surface area contributed by atoms with Gasteiger partial charge < -0.3 is 15.1 Å². The monoisotopic (exact) mass is 501 g/mol. The maximum Gasteiger partial charge on any atom is 0.418 e. The van der Waals surface area contributed by atoms with E-state index in [0.717, 1.165) is 12.8 Å². The fraction of sp³-hybridized carbons (Fsp3) is 0.217. The Morgan fingerprint density at radius 1 is 1.22 bits per heavy atom. The number of alkyl halides is 3. The predicted molar refractivity (Wildman–Crippen MR) is 125 cm³/mol. The Labute approximate surface area is 203 Å². The number of halogens is 3. The number of carbonyl (C=O) groups is 2. The van der Waals surface area contributed by atoms with Gasteiger partial charge >= 0.3 is 6.18 Å². The first-order valence-corrected chi connectivity index (χ1v) is 10.7. The van der Waals surface area contributed by atoms with Gasteiger partial charge in [0.2, 0.25) is 11.9 Å². The molecule has 0 atom stereocenters. The van der Waals surface area contributed by atoms with E-state index in [4.69, 9.17) is 10.6 Å². The summed E-state index contributed by atoms with van der Waals surface area (Å²) in [5.74, 6) is 4.98. The van der Waals surface area contributed by atoms with E-state index in [2.05, 4.69) is 27.3 Å². The van der Waals surface area contributed by atoms with E-state index in [-0.39, 0.29) is 23.5 Å². The molecule has 10 nitrogen and oxygen atoms in total. The summed E-state index contributed by atoms with van der Waals surface area (Å²) in [5.41, 5.74) is -1.39. The van der Waals surface area contributed by atoms with E-state index >= 15 is 0 Å². The molecule has 0 saturated heterocycles. The third-order valence-corrected chi connectivity index (χ3v) is 5.05. The first kappa shape index (κ1) is 24.7. The molecule has 1 aliphatic rings. The van der Waals surface area contributed by atoms with Gasteiger partial charge in [-0.05, 0) is 37.1 Å². The maximum atomic E-state index is 13.3. The first-order chi connectivity index (χ1) is 17.0. The Hall–Kier alpha value is -4.39. The number of rotatable bonds is 8. The van der Waals surface area contributed by atoms with Crippen molar-refractivity contribution in [1.29, 1.82) is 0 Å². The molecule has 2 aromatic heterocycles. The molecule has 2 heterocycles. The summed E-state index contributed by atoms with van der Waals surface area (Å²) < 4.78 is 47.2. The smallest absolute Gasteiger partial charge is 0.418 e. The van der Waals surface area contributed by atoms with Gasteiger partial charge in [0.05, 0.1) is 11.8 Å². The summed E-state index contributed by atoms with van der Waals surface area (Å²) in [6, 6.07) is 9.35. The minimum atomic E-state index is -4.83. The van der Waals surface area contributed by atoms with E-state index in [9.17, 15) is 22.8 Å². The average molecular weight is 501 g/mol. The number of fused-ring (bicyclic) bond motifs is 1. The Kier molecular flexibility index (Phi) is 6.66. The van der Waals surface area contributed by atoms with Crippen LogP contribution in [0.25, 0.3) is 5.65 Å². The van der Waals surface area contributed by atoms with Crippen LogP contribution in [0.2, 0.25) is 0 Å². The summed E-state index contributed by atoms with van der Waals surface area (Å²) >= 11 is 0. The first-order valence-electron chi connectivity index (χ1n) is 10.7. The highest BCUT2D eigenvalue weighted by Crippen LogP contribution is 2.32. The lowest BCUT2D eigenvalue weighted by Crippen LogP contribution is -2.27. The second-order valence-electron chi connectivity index (χ2n) is 8.14. The zero-order chi connectivity index (χ0) is 26.0. The van der Waals surface area contributed by atoms with Crippen molar-refractivity contribution < 1.29 is 27.5 Å². The molecule has 4 rings (SSSR count). The number of amides is 2. The summed E-state index contributed by atoms with van der Waals surface area (Å²) in [5, 5.41) is 9.94. The highest BCUT2D eigenvalue weighted by Gasteiger charge is 2.38. The molecule has 1 aromatic carbocycles. The average Bonchev–Trinajstić information content (AvgIpc) is 3.57. The third-order valence-electron chi connectivity index (χ3n) is 5.05. The van der Waals surface area contributed by atoms with Gasteiger partial charge in [-0.25, -0.2) is 10.4 Å². The molecule has 2 amide bonds. The minimum Gasteiger partial charge on any atom is -0.456 e. The van der Waals surface area contributed by atoms with Crippen molar-refractivity contribution in [2.45, 2.75) is 19.0 Å². The second kappa shape index (κ2) is 9.70. The number of nitrogens with zero attached hydrogens (tertiary/aromatic N) is 4. The molecule has 0 bridgehead atoms. The van der Waals surface area contributed by atoms with Crippen molar-refractivity contribution in [3.05, 3.63) is 66.5 Å². The zero-order valence-electron chi connectivity index (χ0n) is 19.0. The van der Waals surface area contributed by atoms with Crippen molar-refractivity contribution in [2.75, 3.05) is 17.7 Å². The molecular formula is C23H22F3N7O3. The van der Waals surface area contributed by atoms with Crippen molar-refractivity contribution in [3.8, 4) is 11.5 Å². The lowest BCUT2D eigenvalue weighted by molar-refractivity contribution is -0.117. The van der Waals surface area contributed by atoms with E-state index in [1.54, 1.807) is 30.5 Å². The van der Waals surface area contributed by atoms with E-state index in [1.165, 1.54) is 23.7 Å². The number of aromatic nitrogens is 3. The van der Waals surface area contributed by atoms with Gasteiger partial charge in [-0.15, -0.1) is 5.10 Å². The van der Waals surface area contributed by atoms with Crippen molar-refractivity contribution in [2.24, 2.45) is 11.8 Å². The van der Waals surface area contributed by atoms with Crippen LogP contribution in [0, 0.1) is 5.92 Å². The molecule has 0 aliphatic heterocycles. The van der Waals surface area contributed by atoms with Crippen LogP contribution in [-0.4, -0.2) is 44.6 Å². The van der Waals surface area contributed by atoms with Gasteiger partial charge in [-0.2, -0.15) is 18.2 Å². The number of hydrogen-bond donors (Lipinski definition) is 3. The number of carbonyl (C=O) groups excluding carboxylic acids is 2. The highest BCUT2D eigenvalue weighted by atomic mass is 19.4. The molecule has 36 heavy (non-hydrogen) atoms. The van der Waals surface area contributed by atoms with Crippen LogP contribution in [0.3, 0.4) is 0 Å². The van der Waals surface area contributed by atoms with Crippen LogP contribution in [0.15, 0.2) is 66.5 Å². The Bertz CT molecular complexity index is 1360. The van der Waals surface area contributed by atoms with Gasteiger partial charge in [0.1, 0.15) is 11.5 Å². The summed E-state index contributed by atoms with van der Waals surface area (Å²) in [7, 11) is 1.19. The van der Waals surface area contributed by atoms with Crippen LogP contribution in [0.4, 0.5) is 24.8 Å². The van der Waals surface area contributed by atoms with E-state index < -0.39 is 23.2 Å². The number of pyridine rings is 1. The van der Waals surface area contributed by atoms with Crippen LogP contribution >= 0.6 is 0 Å². The molecule has 1 saturated carbocycles. The van der Waals surface area contributed by atoms with E-state index in [0.29, 0.717) is 28.4 Å². The molecule has 1 aliphatic carbocycles. The number of hydrazine groups is 1. The topological polar surface area (TPSA) is 127 Å². The lowest BCUT2D eigenvalue weighted by atomic mass is 10.1. The van der Waals surface area contributed by atoms with Crippen molar-refractivity contribution in [3.63, 3.8) is 0 Å². The molecule has 188 valence electrons. The standard InChI is InChI=1S/C23H22F3N7O3/c1-13(18(12-32(2)27)23(24,25)26)20(34)28-15-4-3-5-16(10-15)36-17-8-9-19-29-22(31-33(19)11-17)30-21(35)14-6-7-14/h3-5,8-12,14H,1,6-7,27H2,2H3,(H,28,34)(H,30,31,35)/b18-12+. The minimum absolute atomic E-state index is 0.0125. The molecule has 4 N–H and O–H groups in total. The summed E-state index contributed by atoms with van der Waals surface area (Å²) in [6.07, 6.45) is -0.990. The van der Waals surface area contributed by atoms with Crippen LogP contribution < -0.4 is 21.2 Å². The molecule has 0 spiro atoms. The molecular weight excluding hydrogens is 479 g/mol.